The first-order valence-electron chi connectivity index (χ1n) is 5.49. The van der Waals surface area contributed by atoms with Gasteiger partial charge in [-0.2, -0.15) is 0 Å². The second-order valence-electron chi connectivity index (χ2n) is 4.55. The average molecular weight is 213 g/mol. The van der Waals surface area contributed by atoms with Crippen molar-refractivity contribution < 1.29 is 9.53 Å². The number of carbonyl (C=O) groups is 1. The Balaban J connectivity index is 3.36. The molecule has 3 heteroatoms. The molecule has 0 atom stereocenters. The van der Waals surface area contributed by atoms with Crippen LogP contribution in [-0.2, 0) is 9.53 Å². The molecule has 0 aromatic carbocycles. The van der Waals surface area contributed by atoms with Crippen molar-refractivity contribution in [3.8, 4) is 0 Å². The van der Waals surface area contributed by atoms with E-state index in [0.717, 1.165) is 25.8 Å². The summed E-state index contributed by atoms with van der Waals surface area (Å²) in [6.07, 6.45) is 5.13. The van der Waals surface area contributed by atoms with E-state index in [2.05, 4.69) is 11.9 Å². The van der Waals surface area contributed by atoms with Gasteiger partial charge in [-0.3, -0.25) is 4.79 Å². The topological polar surface area (TPSA) is 38.3 Å². The second kappa shape index (κ2) is 7.46. The summed E-state index contributed by atoms with van der Waals surface area (Å²) in [6, 6.07) is 0. The van der Waals surface area contributed by atoms with Crippen LogP contribution in [0.2, 0.25) is 0 Å². The van der Waals surface area contributed by atoms with Gasteiger partial charge in [0.25, 0.3) is 0 Å². The molecule has 0 saturated carbocycles. The van der Waals surface area contributed by atoms with Gasteiger partial charge in [0.05, 0.1) is 6.54 Å². The average Bonchev–Trinajstić information content (AvgIpc) is 2.08. The first-order valence-corrected chi connectivity index (χ1v) is 5.49. The molecule has 0 rings (SSSR count). The van der Waals surface area contributed by atoms with E-state index in [1.165, 1.54) is 0 Å². The van der Waals surface area contributed by atoms with Crippen molar-refractivity contribution in [2.24, 2.45) is 0 Å². The molecule has 0 amide bonds. The van der Waals surface area contributed by atoms with Gasteiger partial charge in [0.15, 0.2) is 0 Å². The van der Waals surface area contributed by atoms with Crippen LogP contribution in [0.15, 0.2) is 12.7 Å². The lowest BCUT2D eigenvalue weighted by Crippen LogP contribution is -2.31. The molecule has 0 bridgehead atoms. The van der Waals surface area contributed by atoms with Gasteiger partial charge in [-0.25, -0.2) is 0 Å². The quantitative estimate of drug-likeness (QED) is 0.400. The van der Waals surface area contributed by atoms with E-state index < -0.39 is 0 Å². The third kappa shape index (κ3) is 11.1. The summed E-state index contributed by atoms with van der Waals surface area (Å²) in [5, 5.41) is 3.06. The van der Waals surface area contributed by atoms with Crippen molar-refractivity contribution >= 4 is 5.97 Å². The molecule has 88 valence electrons. The van der Waals surface area contributed by atoms with Crippen LogP contribution in [0.5, 0.6) is 0 Å². The second-order valence-corrected chi connectivity index (χ2v) is 4.55. The highest BCUT2D eigenvalue weighted by molar-refractivity contribution is 5.72. The fraction of sp³-hybridized carbons (Fsp3) is 0.750. The molecular formula is C12H23NO2. The summed E-state index contributed by atoms with van der Waals surface area (Å²) in [7, 11) is 0. The van der Waals surface area contributed by atoms with Gasteiger partial charge in [0, 0.05) is 0 Å². The van der Waals surface area contributed by atoms with E-state index >= 15 is 0 Å². The van der Waals surface area contributed by atoms with Crippen molar-refractivity contribution in [1.29, 1.82) is 0 Å². The standard InChI is InChI=1S/C12H23NO2/c1-5-6-7-8-9-13-10-11(14)15-12(2,3)4/h5,13H,1,6-10H2,2-4H3. The Morgan fingerprint density at radius 2 is 2.07 bits per heavy atom. The highest BCUT2D eigenvalue weighted by atomic mass is 16.6. The lowest BCUT2D eigenvalue weighted by molar-refractivity contribution is -0.153. The zero-order valence-electron chi connectivity index (χ0n) is 10.1. The number of unbranched alkanes of at least 4 members (excludes halogenated alkanes) is 2. The summed E-state index contributed by atoms with van der Waals surface area (Å²) in [4.78, 5) is 11.2. The highest BCUT2D eigenvalue weighted by Crippen LogP contribution is 2.06. The van der Waals surface area contributed by atoms with Gasteiger partial charge in [-0.05, 0) is 46.6 Å². The fourth-order valence-electron chi connectivity index (χ4n) is 1.11. The minimum absolute atomic E-state index is 0.189. The maximum atomic E-state index is 11.2. The summed E-state index contributed by atoms with van der Waals surface area (Å²) in [5.74, 6) is -0.189. The van der Waals surface area contributed by atoms with Gasteiger partial charge in [0.2, 0.25) is 0 Å². The number of carbonyl (C=O) groups excluding carboxylic acids is 1. The molecule has 0 spiro atoms. The molecular weight excluding hydrogens is 190 g/mol. The zero-order valence-corrected chi connectivity index (χ0v) is 10.1. The third-order valence-corrected chi connectivity index (χ3v) is 1.70. The van der Waals surface area contributed by atoms with Gasteiger partial charge in [-0.1, -0.05) is 6.08 Å². The Bertz CT molecular complexity index is 194. The molecule has 0 aromatic heterocycles. The van der Waals surface area contributed by atoms with Crippen molar-refractivity contribution in [1.82, 2.24) is 5.32 Å². The molecule has 0 saturated heterocycles. The van der Waals surface area contributed by atoms with E-state index in [9.17, 15) is 4.79 Å². The summed E-state index contributed by atoms with van der Waals surface area (Å²) in [6.45, 7) is 10.4. The Hall–Kier alpha value is -0.830. The summed E-state index contributed by atoms with van der Waals surface area (Å²) in [5.41, 5.74) is -0.387. The number of ether oxygens (including phenoxy) is 1. The maximum absolute atomic E-state index is 11.2. The van der Waals surface area contributed by atoms with E-state index in [4.69, 9.17) is 4.74 Å². The Kier molecular flexibility index (Phi) is 7.05. The molecule has 0 aromatic rings. The normalized spacial score (nSPS) is 11.1. The van der Waals surface area contributed by atoms with Crippen LogP contribution in [0, 0.1) is 0 Å². The predicted molar refractivity (Wildman–Crippen MR) is 62.8 cm³/mol. The SMILES string of the molecule is C=CCCCCNCC(=O)OC(C)(C)C. The number of esters is 1. The molecule has 0 unspecified atom stereocenters. The smallest absolute Gasteiger partial charge is 0.320 e. The highest BCUT2D eigenvalue weighted by Gasteiger charge is 2.15. The molecule has 1 N–H and O–H groups in total. The lowest BCUT2D eigenvalue weighted by atomic mass is 10.2. The Morgan fingerprint density at radius 3 is 2.60 bits per heavy atom. The Morgan fingerprint density at radius 1 is 1.40 bits per heavy atom. The minimum Gasteiger partial charge on any atom is -0.459 e. The predicted octanol–water partition coefficient (Wildman–Crippen LogP) is 2.27. The zero-order chi connectivity index (χ0) is 11.7. The van der Waals surface area contributed by atoms with Crippen LogP contribution in [0.25, 0.3) is 0 Å². The first-order chi connectivity index (χ1) is 6.95. The number of hydrogen-bond acceptors (Lipinski definition) is 3. The van der Waals surface area contributed by atoms with Crippen LogP contribution < -0.4 is 5.32 Å². The molecule has 15 heavy (non-hydrogen) atoms. The van der Waals surface area contributed by atoms with E-state index in [0.29, 0.717) is 6.54 Å². The van der Waals surface area contributed by atoms with Crippen LogP contribution >= 0.6 is 0 Å². The van der Waals surface area contributed by atoms with Gasteiger partial charge >= 0.3 is 5.97 Å². The van der Waals surface area contributed by atoms with Crippen LogP contribution in [0.3, 0.4) is 0 Å². The first kappa shape index (κ1) is 14.2. The van der Waals surface area contributed by atoms with Crippen molar-refractivity contribution in [2.45, 2.75) is 45.6 Å². The largest absolute Gasteiger partial charge is 0.459 e. The van der Waals surface area contributed by atoms with E-state index in [1.807, 2.05) is 26.8 Å². The van der Waals surface area contributed by atoms with Gasteiger partial charge in [-0.15, -0.1) is 6.58 Å². The molecule has 0 heterocycles. The van der Waals surface area contributed by atoms with Crippen LogP contribution in [0.4, 0.5) is 0 Å². The summed E-state index contributed by atoms with van der Waals surface area (Å²) >= 11 is 0. The van der Waals surface area contributed by atoms with Crippen LogP contribution in [0.1, 0.15) is 40.0 Å². The van der Waals surface area contributed by atoms with E-state index in [1.54, 1.807) is 0 Å². The Labute approximate surface area is 92.9 Å². The number of nitrogens with one attached hydrogen (secondary N) is 1. The molecule has 0 radical (unpaired) electrons. The van der Waals surface area contributed by atoms with Gasteiger partial charge < -0.3 is 10.1 Å². The number of hydrogen-bond donors (Lipinski definition) is 1. The molecule has 0 aliphatic heterocycles. The monoisotopic (exact) mass is 213 g/mol. The van der Waals surface area contributed by atoms with Gasteiger partial charge in [0.1, 0.15) is 5.60 Å². The number of rotatable bonds is 7. The van der Waals surface area contributed by atoms with Crippen molar-refractivity contribution in [3.05, 3.63) is 12.7 Å². The molecule has 0 fully saturated rings. The molecule has 0 aliphatic rings. The van der Waals surface area contributed by atoms with Crippen LogP contribution in [-0.4, -0.2) is 24.7 Å². The van der Waals surface area contributed by atoms with E-state index in [-0.39, 0.29) is 11.6 Å². The molecule has 3 nitrogen and oxygen atoms in total. The third-order valence-electron chi connectivity index (χ3n) is 1.70. The lowest BCUT2D eigenvalue weighted by Gasteiger charge is -2.19. The number of allylic oxidation sites excluding steroid dienone is 1. The van der Waals surface area contributed by atoms with Crippen molar-refractivity contribution in [3.63, 3.8) is 0 Å². The maximum Gasteiger partial charge on any atom is 0.320 e. The fourth-order valence-corrected chi connectivity index (χ4v) is 1.11. The molecule has 0 aliphatic carbocycles. The minimum atomic E-state index is -0.387. The summed E-state index contributed by atoms with van der Waals surface area (Å²) < 4.78 is 5.15. The van der Waals surface area contributed by atoms with Crippen molar-refractivity contribution in [2.75, 3.05) is 13.1 Å².